The maximum atomic E-state index is 12.1. The summed E-state index contributed by atoms with van der Waals surface area (Å²) < 4.78 is 12.1. The van der Waals surface area contributed by atoms with Gasteiger partial charge < -0.3 is 5.32 Å². The van der Waals surface area contributed by atoms with Crippen LogP contribution in [-0.4, -0.2) is 13.2 Å². The summed E-state index contributed by atoms with van der Waals surface area (Å²) in [5.74, 6) is 0.765. The fourth-order valence-electron chi connectivity index (χ4n) is 2.22. The third-order valence-corrected chi connectivity index (χ3v) is 3.29. The molecule has 0 radical (unpaired) electrons. The molecule has 1 aliphatic carbocycles. The van der Waals surface area contributed by atoms with Crippen LogP contribution in [0.4, 0.5) is 4.39 Å². The van der Waals surface area contributed by atoms with Crippen molar-refractivity contribution in [3.05, 3.63) is 35.4 Å². The number of rotatable bonds is 6. The van der Waals surface area contributed by atoms with Crippen LogP contribution in [0.2, 0.25) is 0 Å². The summed E-state index contributed by atoms with van der Waals surface area (Å²) >= 11 is 0. The number of alkyl halides is 1. The lowest BCUT2D eigenvalue weighted by molar-refractivity contribution is 0.422. The highest BCUT2D eigenvalue weighted by Gasteiger charge is 2.32. The molecule has 16 heavy (non-hydrogen) atoms. The van der Waals surface area contributed by atoms with E-state index in [2.05, 4.69) is 36.5 Å². The molecule has 1 saturated carbocycles. The molecule has 1 aromatic carbocycles. The van der Waals surface area contributed by atoms with Gasteiger partial charge in [-0.15, -0.1) is 0 Å². The summed E-state index contributed by atoms with van der Waals surface area (Å²) in [5.41, 5.74) is 2.73. The van der Waals surface area contributed by atoms with E-state index in [1.807, 2.05) is 0 Å². The summed E-state index contributed by atoms with van der Waals surface area (Å²) in [6.07, 6.45) is 3.23. The Morgan fingerprint density at radius 3 is 2.75 bits per heavy atom. The Balaban J connectivity index is 2.04. The Hall–Kier alpha value is -0.890. The first kappa shape index (κ1) is 11.6. The van der Waals surface area contributed by atoms with Crippen molar-refractivity contribution in [1.82, 2.24) is 5.32 Å². The first-order chi connectivity index (χ1) is 7.83. The minimum atomic E-state index is -0.224. The van der Waals surface area contributed by atoms with Gasteiger partial charge in [-0.3, -0.25) is 4.39 Å². The molecule has 2 rings (SSSR count). The molecule has 1 unspecified atom stereocenters. The van der Waals surface area contributed by atoms with E-state index in [0.717, 1.165) is 12.5 Å². The van der Waals surface area contributed by atoms with Crippen molar-refractivity contribution >= 4 is 0 Å². The van der Waals surface area contributed by atoms with Crippen molar-refractivity contribution < 1.29 is 4.39 Å². The molecule has 0 saturated heterocycles. The Morgan fingerprint density at radius 2 is 2.12 bits per heavy atom. The summed E-state index contributed by atoms with van der Waals surface area (Å²) in [5, 5.41) is 3.50. The van der Waals surface area contributed by atoms with E-state index in [1.165, 1.54) is 24.0 Å². The fraction of sp³-hybridized carbons (Fsp3) is 0.571. The molecular weight excluding hydrogens is 201 g/mol. The van der Waals surface area contributed by atoms with Gasteiger partial charge in [0.15, 0.2) is 0 Å². The van der Waals surface area contributed by atoms with Gasteiger partial charge in [0.2, 0.25) is 0 Å². The topological polar surface area (TPSA) is 12.0 Å². The van der Waals surface area contributed by atoms with E-state index in [9.17, 15) is 4.39 Å². The van der Waals surface area contributed by atoms with Crippen molar-refractivity contribution in [2.24, 2.45) is 5.92 Å². The van der Waals surface area contributed by atoms with Gasteiger partial charge in [0, 0.05) is 6.04 Å². The predicted octanol–water partition coefficient (Wildman–Crippen LogP) is 3.40. The SMILES string of the molecule is Cc1ccccc1C(NCCCF)C1CC1. The Morgan fingerprint density at radius 1 is 1.38 bits per heavy atom. The standard InChI is InChI=1S/C14H20FN/c1-11-5-2-3-6-13(11)14(12-7-8-12)16-10-4-9-15/h2-3,5-6,12,14,16H,4,7-10H2,1H3. The van der Waals surface area contributed by atoms with Crippen LogP contribution in [-0.2, 0) is 0 Å². The number of benzene rings is 1. The van der Waals surface area contributed by atoms with Crippen molar-refractivity contribution in [3.8, 4) is 0 Å². The summed E-state index contributed by atoms with van der Waals surface area (Å²) in [6.45, 7) is 2.71. The van der Waals surface area contributed by atoms with Crippen molar-refractivity contribution in [2.45, 2.75) is 32.2 Å². The van der Waals surface area contributed by atoms with E-state index in [-0.39, 0.29) is 6.67 Å². The number of hydrogen-bond acceptors (Lipinski definition) is 1. The minimum absolute atomic E-state index is 0.224. The second-order valence-corrected chi connectivity index (χ2v) is 4.67. The van der Waals surface area contributed by atoms with Crippen LogP contribution < -0.4 is 5.32 Å². The van der Waals surface area contributed by atoms with Gasteiger partial charge in [-0.1, -0.05) is 24.3 Å². The monoisotopic (exact) mass is 221 g/mol. The van der Waals surface area contributed by atoms with Crippen molar-refractivity contribution in [1.29, 1.82) is 0 Å². The van der Waals surface area contributed by atoms with Crippen LogP contribution in [0.15, 0.2) is 24.3 Å². The van der Waals surface area contributed by atoms with E-state index < -0.39 is 0 Å². The summed E-state index contributed by atoms with van der Waals surface area (Å²) in [7, 11) is 0. The smallest absolute Gasteiger partial charge is 0.0906 e. The van der Waals surface area contributed by atoms with Gasteiger partial charge in [-0.2, -0.15) is 0 Å². The largest absolute Gasteiger partial charge is 0.310 e. The molecule has 88 valence electrons. The maximum absolute atomic E-state index is 12.1. The highest BCUT2D eigenvalue weighted by Crippen LogP contribution is 2.41. The summed E-state index contributed by atoms with van der Waals surface area (Å²) in [6, 6.07) is 8.95. The van der Waals surface area contributed by atoms with E-state index >= 15 is 0 Å². The van der Waals surface area contributed by atoms with Gasteiger partial charge in [0.25, 0.3) is 0 Å². The van der Waals surface area contributed by atoms with Crippen LogP contribution in [0.5, 0.6) is 0 Å². The third-order valence-electron chi connectivity index (χ3n) is 3.29. The predicted molar refractivity (Wildman–Crippen MR) is 65.2 cm³/mol. The third kappa shape index (κ3) is 2.82. The van der Waals surface area contributed by atoms with Crippen LogP contribution in [0.3, 0.4) is 0 Å². The molecule has 1 aliphatic rings. The molecule has 1 atom stereocenters. The van der Waals surface area contributed by atoms with Gasteiger partial charge in [0.05, 0.1) is 6.67 Å². The summed E-state index contributed by atoms with van der Waals surface area (Å²) in [4.78, 5) is 0. The molecule has 0 spiro atoms. The molecule has 1 nitrogen and oxygen atoms in total. The van der Waals surface area contributed by atoms with Gasteiger partial charge in [-0.05, 0) is 49.8 Å². The Kier molecular flexibility index (Phi) is 3.94. The molecule has 0 bridgehead atoms. The Labute approximate surface area is 97.1 Å². The highest BCUT2D eigenvalue weighted by molar-refractivity contribution is 5.30. The fourth-order valence-corrected chi connectivity index (χ4v) is 2.22. The number of halogens is 1. The second kappa shape index (κ2) is 5.44. The molecule has 0 heterocycles. The maximum Gasteiger partial charge on any atom is 0.0906 e. The van der Waals surface area contributed by atoms with Crippen molar-refractivity contribution in [2.75, 3.05) is 13.2 Å². The molecule has 0 aromatic heterocycles. The molecule has 2 heteroatoms. The first-order valence-electron chi connectivity index (χ1n) is 6.18. The number of hydrogen-bond donors (Lipinski definition) is 1. The van der Waals surface area contributed by atoms with Crippen LogP contribution in [0, 0.1) is 12.8 Å². The van der Waals surface area contributed by atoms with Gasteiger partial charge in [0.1, 0.15) is 0 Å². The van der Waals surface area contributed by atoms with Crippen LogP contribution in [0.1, 0.15) is 36.4 Å². The van der Waals surface area contributed by atoms with Crippen LogP contribution in [0.25, 0.3) is 0 Å². The van der Waals surface area contributed by atoms with E-state index in [4.69, 9.17) is 0 Å². The molecule has 0 amide bonds. The van der Waals surface area contributed by atoms with Gasteiger partial charge in [-0.25, -0.2) is 0 Å². The zero-order valence-corrected chi connectivity index (χ0v) is 9.88. The lowest BCUT2D eigenvalue weighted by Crippen LogP contribution is -2.25. The molecule has 1 aromatic rings. The first-order valence-corrected chi connectivity index (χ1v) is 6.18. The van der Waals surface area contributed by atoms with Crippen molar-refractivity contribution in [3.63, 3.8) is 0 Å². The highest BCUT2D eigenvalue weighted by atomic mass is 19.1. The van der Waals surface area contributed by atoms with E-state index in [0.29, 0.717) is 12.5 Å². The average Bonchev–Trinajstić information content (AvgIpc) is 3.10. The Bertz CT molecular complexity index is 333. The van der Waals surface area contributed by atoms with E-state index in [1.54, 1.807) is 0 Å². The average molecular weight is 221 g/mol. The van der Waals surface area contributed by atoms with Gasteiger partial charge >= 0.3 is 0 Å². The number of nitrogens with one attached hydrogen (secondary N) is 1. The molecule has 1 N–H and O–H groups in total. The second-order valence-electron chi connectivity index (χ2n) is 4.67. The minimum Gasteiger partial charge on any atom is -0.310 e. The van der Waals surface area contributed by atoms with Crippen LogP contribution >= 0.6 is 0 Å². The quantitative estimate of drug-likeness (QED) is 0.726. The lowest BCUT2D eigenvalue weighted by Gasteiger charge is -2.20. The molecule has 1 fully saturated rings. The lowest BCUT2D eigenvalue weighted by atomic mass is 9.97. The molecule has 0 aliphatic heterocycles. The number of aryl methyl sites for hydroxylation is 1. The zero-order valence-electron chi connectivity index (χ0n) is 9.88. The zero-order chi connectivity index (χ0) is 11.4. The normalized spacial score (nSPS) is 17.4. The molecular formula is C14H20FN.